The molecule has 1 spiro atoms. The highest BCUT2D eigenvalue weighted by Crippen LogP contribution is 2.54. The van der Waals surface area contributed by atoms with Crippen LogP contribution in [0, 0.1) is 11.7 Å². The van der Waals surface area contributed by atoms with Gasteiger partial charge in [0.05, 0.1) is 18.1 Å². The molecule has 3 aromatic rings. The van der Waals surface area contributed by atoms with Crippen LogP contribution >= 0.6 is 0 Å². The second-order valence-corrected chi connectivity index (χ2v) is 8.58. The standard InChI is InChI=1S/C24H19F4N3O4/c25-15-3-1-13(2-4-15)19-16(21(33)34)7-8-23(19)11-14(12-35-23)20-17(32)5-6-18(30-20)31-10-9-29-22(31)24(26,27)28/h1-6,9-11,16,19,32H,7-8,12H2,(H,33,34). The molecule has 7 nitrogen and oxygen atoms in total. The highest BCUT2D eigenvalue weighted by atomic mass is 19.4. The SMILES string of the molecule is O=C(O)C1CCC2(C=C(c3nc(-n4ccnc4C(F)(F)F)ccc3O)CO2)C1c1ccc(F)cc1. The van der Waals surface area contributed by atoms with E-state index in [1.54, 1.807) is 6.08 Å². The van der Waals surface area contributed by atoms with E-state index in [4.69, 9.17) is 4.74 Å². The van der Waals surface area contributed by atoms with Crippen LogP contribution in [0.1, 0.15) is 35.8 Å². The molecule has 0 saturated heterocycles. The summed E-state index contributed by atoms with van der Waals surface area (Å²) in [5.41, 5.74) is -0.0195. The summed E-state index contributed by atoms with van der Waals surface area (Å²) in [6.07, 6.45) is -0.233. The van der Waals surface area contributed by atoms with Crippen LogP contribution in [0.3, 0.4) is 0 Å². The minimum atomic E-state index is -4.71. The smallest absolute Gasteiger partial charge is 0.450 e. The zero-order chi connectivity index (χ0) is 25.0. The topological polar surface area (TPSA) is 97.5 Å². The van der Waals surface area contributed by atoms with Gasteiger partial charge in [-0.1, -0.05) is 12.1 Å². The molecule has 1 aliphatic carbocycles. The van der Waals surface area contributed by atoms with Gasteiger partial charge in [0.15, 0.2) is 0 Å². The predicted octanol–water partition coefficient (Wildman–Crippen LogP) is 4.56. The van der Waals surface area contributed by atoms with Gasteiger partial charge in [-0.2, -0.15) is 13.2 Å². The summed E-state index contributed by atoms with van der Waals surface area (Å²) in [5.74, 6) is -4.41. The summed E-state index contributed by atoms with van der Waals surface area (Å²) in [7, 11) is 0. The number of nitrogens with zero attached hydrogens (tertiary/aromatic N) is 3. The maximum atomic E-state index is 13.5. The first kappa shape index (κ1) is 23.0. The molecule has 0 radical (unpaired) electrons. The lowest BCUT2D eigenvalue weighted by atomic mass is 9.79. The first-order valence-corrected chi connectivity index (χ1v) is 10.7. The quantitative estimate of drug-likeness (QED) is 0.522. The number of halogens is 4. The molecule has 0 amide bonds. The van der Waals surface area contributed by atoms with Crippen LogP contribution in [0.4, 0.5) is 17.6 Å². The molecular weight excluding hydrogens is 470 g/mol. The molecule has 2 aliphatic rings. The number of imidazole rings is 1. The highest BCUT2D eigenvalue weighted by Gasteiger charge is 2.54. The number of carboxylic acids is 1. The maximum absolute atomic E-state index is 13.5. The van der Waals surface area contributed by atoms with Crippen molar-refractivity contribution in [2.24, 2.45) is 5.92 Å². The van der Waals surface area contributed by atoms with Crippen LogP contribution in [-0.4, -0.2) is 42.9 Å². The molecular formula is C24H19F4N3O4. The molecule has 3 unspecified atom stereocenters. The Morgan fingerprint density at radius 2 is 1.91 bits per heavy atom. The molecule has 1 saturated carbocycles. The third-order valence-corrected chi connectivity index (χ3v) is 6.54. The predicted molar refractivity (Wildman–Crippen MR) is 114 cm³/mol. The van der Waals surface area contributed by atoms with Gasteiger partial charge in [-0.15, -0.1) is 0 Å². The molecule has 35 heavy (non-hydrogen) atoms. The van der Waals surface area contributed by atoms with E-state index in [2.05, 4.69) is 9.97 Å². The summed E-state index contributed by atoms with van der Waals surface area (Å²) >= 11 is 0. The molecule has 1 aliphatic heterocycles. The molecule has 0 bridgehead atoms. The largest absolute Gasteiger partial charge is 0.506 e. The van der Waals surface area contributed by atoms with Crippen LogP contribution in [0.5, 0.6) is 5.75 Å². The van der Waals surface area contributed by atoms with E-state index in [1.807, 2.05) is 0 Å². The number of benzene rings is 1. The number of aliphatic carboxylic acids is 1. The molecule has 11 heteroatoms. The number of pyridine rings is 1. The average Bonchev–Trinajstić information content (AvgIpc) is 3.54. The van der Waals surface area contributed by atoms with Crippen LogP contribution < -0.4 is 0 Å². The molecule has 5 rings (SSSR count). The van der Waals surface area contributed by atoms with E-state index in [9.17, 15) is 32.6 Å². The Bertz CT molecular complexity index is 1320. The van der Waals surface area contributed by atoms with Crippen molar-refractivity contribution in [1.82, 2.24) is 14.5 Å². The summed E-state index contributed by atoms with van der Waals surface area (Å²) in [6, 6.07) is 8.01. The lowest BCUT2D eigenvalue weighted by Crippen LogP contribution is -2.34. The molecule has 1 aromatic carbocycles. The van der Waals surface area contributed by atoms with E-state index in [-0.39, 0.29) is 23.9 Å². The second-order valence-electron chi connectivity index (χ2n) is 8.58. The van der Waals surface area contributed by atoms with Gasteiger partial charge in [0.2, 0.25) is 5.82 Å². The summed E-state index contributed by atoms with van der Waals surface area (Å²) in [5, 5.41) is 20.3. The Balaban J connectivity index is 1.56. The fourth-order valence-corrected chi connectivity index (χ4v) is 5.06. The highest BCUT2D eigenvalue weighted by molar-refractivity contribution is 5.75. The third-order valence-electron chi connectivity index (χ3n) is 6.54. The summed E-state index contributed by atoms with van der Waals surface area (Å²) in [4.78, 5) is 19.6. The van der Waals surface area contributed by atoms with E-state index in [0.29, 0.717) is 24.0 Å². The van der Waals surface area contributed by atoms with Crippen LogP contribution in [0.25, 0.3) is 11.4 Å². The van der Waals surface area contributed by atoms with Crippen LogP contribution in [0.15, 0.2) is 54.9 Å². The van der Waals surface area contributed by atoms with Gasteiger partial charge in [-0.3, -0.25) is 9.36 Å². The normalized spacial score (nSPS) is 24.2. The van der Waals surface area contributed by atoms with Crippen molar-refractivity contribution in [3.8, 4) is 11.6 Å². The number of carboxylic acid groups (broad SMARTS) is 1. The van der Waals surface area contributed by atoms with Gasteiger partial charge < -0.3 is 14.9 Å². The number of aromatic hydroxyl groups is 1. The van der Waals surface area contributed by atoms with Crippen molar-refractivity contribution in [1.29, 1.82) is 0 Å². The lowest BCUT2D eigenvalue weighted by molar-refractivity contribution is -0.146. The van der Waals surface area contributed by atoms with Crippen molar-refractivity contribution in [2.45, 2.75) is 30.5 Å². The van der Waals surface area contributed by atoms with Gasteiger partial charge in [0, 0.05) is 23.9 Å². The number of aromatic nitrogens is 3. The van der Waals surface area contributed by atoms with Crippen LogP contribution in [0.2, 0.25) is 0 Å². The molecule has 3 heterocycles. The van der Waals surface area contributed by atoms with Gasteiger partial charge in [0.25, 0.3) is 0 Å². The van der Waals surface area contributed by atoms with E-state index in [1.165, 1.54) is 36.4 Å². The fourth-order valence-electron chi connectivity index (χ4n) is 5.06. The van der Waals surface area contributed by atoms with E-state index in [0.717, 1.165) is 17.0 Å². The van der Waals surface area contributed by atoms with Crippen molar-refractivity contribution >= 4 is 11.5 Å². The first-order chi connectivity index (χ1) is 16.6. The number of alkyl halides is 3. The number of ether oxygens (including phenoxy) is 1. The summed E-state index contributed by atoms with van der Waals surface area (Å²) < 4.78 is 60.3. The van der Waals surface area contributed by atoms with E-state index >= 15 is 0 Å². The molecule has 182 valence electrons. The molecule has 3 atom stereocenters. The minimum absolute atomic E-state index is 0.0258. The van der Waals surface area contributed by atoms with E-state index < -0.39 is 41.2 Å². The Hall–Kier alpha value is -3.73. The van der Waals surface area contributed by atoms with Gasteiger partial charge >= 0.3 is 12.1 Å². The Labute approximate surface area is 196 Å². The van der Waals surface area contributed by atoms with Gasteiger partial charge in [-0.25, -0.2) is 14.4 Å². The molecule has 1 fully saturated rings. The lowest BCUT2D eigenvalue weighted by Gasteiger charge is -2.31. The first-order valence-electron chi connectivity index (χ1n) is 10.7. The number of carbonyl (C=O) groups is 1. The number of rotatable bonds is 4. The Morgan fingerprint density at radius 3 is 2.60 bits per heavy atom. The van der Waals surface area contributed by atoms with Crippen molar-refractivity contribution < 1.29 is 37.3 Å². The Kier molecular flexibility index (Phi) is 5.39. The Morgan fingerprint density at radius 1 is 1.17 bits per heavy atom. The zero-order valence-electron chi connectivity index (χ0n) is 18.0. The van der Waals surface area contributed by atoms with Crippen molar-refractivity contribution in [3.63, 3.8) is 0 Å². The number of hydrogen-bond acceptors (Lipinski definition) is 5. The fraction of sp³-hybridized carbons (Fsp3) is 0.292. The average molecular weight is 489 g/mol. The van der Waals surface area contributed by atoms with Gasteiger partial charge in [0.1, 0.15) is 23.1 Å². The minimum Gasteiger partial charge on any atom is -0.506 e. The molecule has 2 aromatic heterocycles. The summed E-state index contributed by atoms with van der Waals surface area (Å²) in [6.45, 7) is -0.0376. The monoisotopic (exact) mass is 489 g/mol. The maximum Gasteiger partial charge on any atom is 0.450 e. The van der Waals surface area contributed by atoms with Crippen LogP contribution in [-0.2, 0) is 15.7 Å². The second kappa shape index (κ2) is 8.19. The van der Waals surface area contributed by atoms with Crippen molar-refractivity contribution in [2.75, 3.05) is 6.61 Å². The number of hydrogen-bond donors (Lipinski definition) is 2. The van der Waals surface area contributed by atoms with Gasteiger partial charge in [-0.05, 0) is 48.7 Å². The van der Waals surface area contributed by atoms with Crippen molar-refractivity contribution in [3.05, 3.63) is 77.8 Å². The third kappa shape index (κ3) is 3.95. The molecule has 2 N–H and O–H groups in total. The zero-order valence-corrected chi connectivity index (χ0v) is 18.0.